The third kappa shape index (κ3) is 3.40. The molecule has 1 aliphatic rings. The van der Waals surface area contributed by atoms with E-state index in [-0.39, 0.29) is 6.04 Å². The number of anilines is 1. The maximum Gasteiger partial charge on any atom is 0.119 e. The van der Waals surface area contributed by atoms with Crippen molar-refractivity contribution in [2.75, 3.05) is 12.3 Å². The number of nitrogens with two attached hydrogens (primary N) is 1. The van der Waals surface area contributed by atoms with Crippen LogP contribution >= 0.6 is 0 Å². The van der Waals surface area contributed by atoms with Crippen LogP contribution in [0.25, 0.3) is 0 Å². The van der Waals surface area contributed by atoms with Crippen molar-refractivity contribution in [1.82, 2.24) is 10.9 Å². The Labute approximate surface area is 131 Å². The number of hydrazine groups is 1. The lowest BCUT2D eigenvalue weighted by atomic mass is 9.97. The standard InChI is InChI=1S/C18H23N3O/c1-2-10-22-16-8-6-13(7-9-16)17-12-18(21-20-17)14-4-3-5-15(19)11-14/h3-9,11,17-18,20-21H,2,10,12,19H2,1H3. The predicted molar refractivity (Wildman–Crippen MR) is 89.5 cm³/mol. The molecule has 4 nitrogen and oxygen atoms in total. The predicted octanol–water partition coefficient (Wildman–Crippen LogP) is 3.34. The van der Waals surface area contributed by atoms with Gasteiger partial charge < -0.3 is 10.5 Å². The zero-order valence-corrected chi connectivity index (χ0v) is 12.9. The van der Waals surface area contributed by atoms with Crippen molar-refractivity contribution in [2.24, 2.45) is 0 Å². The highest BCUT2D eigenvalue weighted by atomic mass is 16.5. The smallest absolute Gasteiger partial charge is 0.119 e. The number of hydrogen-bond acceptors (Lipinski definition) is 4. The number of benzene rings is 2. The minimum Gasteiger partial charge on any atom is -0.494 e. The SMILES string of the molecule is CCCOc1ccc(C2CC(c3cccc(N)c3)NN2)cc1. The molecule has 0 aromatic heterocycles. The summed E-state index contributed by atoms with van der Waals surface area (Å²) >= 11 is 0. The zero-order valence-electron chi connectivity index (χ0n) is 12.9. The summed E-state index contributed by atoms with van der Waals surface area (Å²) in [4.78, 5) is 0. The molecule has 1 heterocycles. The van der Waals surface area contributed by atoms with E-state index in [0.29, 0.717) is 6.04 Å². The van der Waals surface area contributed by atoms with Gasteiger partial charge in [-0.1, -0.05) is 31.2 Å². The van der Waals surface area contributed by atoms with Crippen LogP contribution in [0, 0.1) is 0 Å². The number of nitrogens with one attached hydrogen (secondary N) is 2. The first kappa shape index (κ1) is 14.9. The summed E-state index contributed by atoms with van der Waals surface area (Å²) in [5.74, 6) is 0.934. The van der Waals surface area contributed by atoms with Gasteiger partial charge in [-0.3, -0.25) is 0 Å². The molecule has 1 saturated heterocycles. The molecule has 1 aliphatic heterocycles. The molecule has 4 N–H and O–H groups in total. The van der Waals surface area contributed by atoms with Gasteiger partial charge in [-0.15, -0.1) is 0 Å². The maximum atomic E-state index is 5.87. The average Bonchev–Trinajstić information content (AvgIpc) is 3.03. The molecule has 0 bridgehead atoms. The number of nitrogen functional groups attached to an aromatic ring is 1. The molecule has 22 heavy (non-hydrogen) atoms. The van der Waals surface area contributed by atoms with Crippen LogP contribution in [0.3, 0.4) is 0 Å². The van der Waals surface area contributed by atoms with E-state index in [1.807, 2.05) is 30.3 Å². The zero-order chi connectivity index (χ0) is 15.4. The van der Waals surface area contributed by atoms with Gasteiger partial charge in [-0.2, -0.15) is 0 Å². The van der Waals surface area contributed by atoms with Crippen molar-refractivity contribution in [3.05, 3.63) is 59.7 Å². The highest BCUT2D eigenvalue weighted by Crippen LogP contribution is 2.32. The first-order chi connectivity index (χ1) is 10.8. The lowest BCUT2D eigenvalue weighted by molar-refractivity contribution is 0.317. The molecule has 4 heteroatoms. The van der Waals surface area contributed by atoms with Gasteiger partial charge in [0.25, 0.3) is 0 Å². The van der Waals surface area contributed by atoms with Crippen LogP contribution in [0.4, 0.5) is 5.69 Å². The Morgan fingerprint density at radius 2 is 1.77 bits per heavy atom. The van der Waals surface area contributed by atoms with Crippen LogP contribution in [0.1, 0.15) is 43.0 Å². The average molecular weight is 297 g/mol. The summed E-state index contributed by atoms with van der Waals surface area (Å²) in [5.41, 5.74) is 15.9. The van der Waals surface area contributed by atoms with Crippen molar-refractivity contribution in [3.8, 4) is 5.75 Å². The monoisotopic (exact) mass is 297 g/mol. The van der Waals surface area contributed by atoms with E-state index in [1.54, 1.807) is 0 Å². The molecule has 2 atom stereocenters. The third-order valence-corrected chi connectivity index (χ3v) is 3.97. The molecule has 0 radical (unpaired) electrons. The Morgan fingerprint density at radius 1 is 1.05 bits per heavy atom. The molecule has 0 spiro atoms. The minimum absolute atomic E-state index is 0.282. The fraction of sp³-hybridized carbons (Fsp3) is 0.333. The summed E-state index contributed by atoms with van der Waals surface area (Å²) in [6.07, 6.45) is 2.02. The molecule has 2 aromatic rings. The van der Waals surface area contributed by atoms with E-state index in [1.165, 1.54) is 11.1 Å². The van der Waals surface area contributed by atoms with E-state index < -0.39 is 0 Å². The first-order valence-electron chi connectivity index (χ1n) is 7.85. The van der Waals surface area contributed by atoms with Crippen molar-refractivity contribution < 1.29 is 4.74 Å². The molecule has 0 amide bonds. The fourth-order valence-electron chi connectivity index (χ4n) is 2.79. The molecule has 0 saturated carbocycles. The van der Waals surface area contributed by atoms with Gasteiger partial charge in [0.15, 0.2) is 0 Å². The summed E-state index contributed by atoms with van der Waals surface area (Å²) in [7, 11) is 0. The minimum atomic E-state index is 0.282. The van der Waals surface area contributed by atoms with Gasteiger partial charge >= 0.3 is 0 Å². The molecule has 2 aromatic carbocycles. The topological polar surface area (TPSA) is 59.3 Å². The molecule has 3 rings (SSSR count). The quantitative estimate of drug-likeness (QED) is 0.741. The second kappa shape index (κ2) is 6.81. The van der Waals surface area contributed by atoms with Crippen LogP contribution in [0.15, 0.2) is 48.5 Å². The lowest BCUT2D eigenvalue weighted by Gasteiger charge is -2.11. The van der Waals surface area contributed by atoms with Crippen molar-refractivity contribution >= 4 is 5.69 Å². The second-order valence-corrected chi connectivity index (χ2v) is 5.72. The summed E-state index contributed by atoms with van der Waals surface area (Å²) in [6, 6.07) is 17.0. The number of rotatable bonds is 5. The first-order valence-corrected chi connectivity index (χ1v) is 7.85. The van der Waals surface area contributed by atoms with Gasteiger partial charge in [0.2, 0.25) is 0 Å². The highest BCUT2D eigenvalue weighted by molar-refractivity contribution is 5.42. The maximum absolute atomic E-state index is 5.87. The summed E-state index contributed by atoms with van der Waals surface area (Å²) in [6.45, 7) is 2.87. The van der Waals surface area contributed by atoms with E-state index in [0.717, 1.165) is 30.9 Å². The van der Waals surface area contributed by atoms with Crippen molar-refractivity contribution in [1.29, 1.82) is 0 Å². The Kier molecular flexibility index (Phi) is 4.61. The van der Waals surface area contributed by atoms with Gasteiger partial charge in [0.05, 0.1) is 6.61 Å². The largest absolute Gasteiger partial charge is 0.494 e. The number of hydrogen-bond donors (Lipinski definition) is 3. The molecule has 0 aliphatic carbocycles. The molecule has 2 unspecified atom stereocenters. The molecular formula is C18H23N3O. The normalized spacial score (nSPS) is 21.0. The van der Waals surface area contributed by atoms with Crippen LogP contribution < -0.4 is 21.3 Å². The van der Waals surface area contributed by atoms with Gasteiger partial charge in [0, 0.05) is 17.8 Å². The molecule has 116 valence electrons. The van der Waals surface area contributed by atoms with E-state index in [2.05, 4.69) is 36.0 Å². The molecule has 1 fully saturated rings. The van der Waals surface area contributed by atoms with Crippen LogP contribution in [-0.4, -0.2) is 6.61 Å². The lowest BCUT2D eigenvalue weighted by Crippen LogP contribution is -2.26. The third-order valence-electron chi connectivity index (χ3n) is 3.97. The van der Waals surface area contributed by atoms with Gasteiger partial charge in [-0.05, 0) is 48.2 Å². The van der Waals surface area contributed by atoms with Crippen LogP contribution in [0.2, 0.25) is 0 Å². The van der Waals surface area contributed by atoms with Crippen LogP contribution in [-0.2, 0) is 0 Å². The van der Waals surface area contributed by atoms with E-state index in [4.69, 9.17) is 10.5 Å². The summed E-state index contributed by atoms with van der Waals surface area (Å²) < 4.78 is 5.63. The van der Waals surface area contributed by atoms with Crippen LogP contribution in [0.5, 0.6) is 5.75 Å². The fourth-order valence-corrected chi connectivity index (χ4v) is 2.79. The number of ether oxygens (including phenoxy) is 1. The Balaban J connectivity index is 1.65. The molecular weight excluding hydrogens is 274 g/mol. The Morgan fingerprint density at radius 3 is 2.45 bits per heavy atom. The van der Waals surface area contributed by atoms with E-state index >= 15 is 0 Å². The summed E-state index contributed by atoms with van der Waals surface area (Å²) in [5, 5.41) is 0. The Hall–Kier alpha value is -2.04. The van der Waals surface area contributed by atoms with Crippen molar-refractivity contribution in [3.63, 3.8) is 0 Å². The highest BCUT2D eigenvalue weighted by Gasteiger charge is 2.26. The second-order valence-electron chi connectivity index (χ2n) is 5.72. The van der Waals surface area contributed by atoms with Crippen molar-refractivity contribution in [2.45, 2.75) is 31.8 Å². The van der Waals surface area contributed by atoms with E-state index in [9.17, 15) is 0 Å². The van der Waals surface area contributed by atoms with Gasteiger partial charge in [0.1, 0.15) is 5.75 Å². The Bertz CT molecular complexity index is 612. The van der Waals surface area contributed by atoms with Gasteiger partial charge in [-0.25, -0.2) is 10.9 Å².